The van der Waals surface area contributed by atoms with Gasteiger partial charge in [-0.15, -0.1) is 6.58 Å². The molecule has 0 unspecified atom stereocenters. The molecular weight excluding hydrogens is 218 g/mol. The maximum Gasteiger partial charge on any atom is 0.0997 e. The van der Waals surface area contributed by atoms with E-state index in [1.165, 1.54) is 24.8 Å². The van der Waals surface area contributed by atoms with E-state index in [2.05, 4.69) is 12.6 Å². The van der Waals surface area contributed by atoms with Gasteiger partial charge in [-0.1, -0.05) is 42.8 Å². The highest BCUT2D eigenvalue weighted by Gasteiger charge is 2.21. The van der Waals surface area contributed by atoms with Crippen LogP contribution in [0.2, 0.25) is 0 Å². The Balaban J connectivity index is 2.41. The third kappa shape index (κ3) is 2.71. The minimum atomic E-state index is 0.520. The zero-order valence-corrected chi connectivity index (χ0v) is 10.7. The quantitative estimate of drug-likeness (QED) is 0.550. The fourth-order valence-corrected chi connectivity index (χ4v) is 2.80. The third-order valence-electron chi connectivity index (χ3n) is 3.69. The van der Waals surface area contributed by atoms with Crippen molar-refractivity contribution in [3.05, 3.63) is 54.1 Å². The number of nitrogens with zero attached hydrogens (tertiary/aromatic N) is 1. The Kier molecular flexibility index (Phi) is 4.36. The molecule has 0 aromatic heterocycles. The summed E-state index contributed by atoms with van der Waals surface area (Å²) in [7, 11) is 0. The van der Waals surface area contributed by atoms with Crippen LogP contribution >= 0.6 is 0 Å². The second kappa shape index (κ2) is 6.21. The van der Waals surface area contributed by atoms with E-state index in [-0.39, 0.29) is 0 Å². The lowest BCUT2D eigenvalue weighted by Crippen LogP contribution is -2.11. The van der Waals surface area contributed by atoms with E-state index in [9.17, 15) is 5.26 Å². The Morgan fingerprint density at radius 3 is 2.78 bits per heavy atom. The normalized spacial score (nSPS) is 22.1. The van der Waals surface area contributed by atoms with Gasteiger partial charge in [-0.3, -0.25) is 0 Å². The van der Waals surface area contributed by atoms with Crippen LogP contribution < -0.4 is 0 Å². The van der Waals surface area contributed by atoms with Crippen molar-refractivity contribution >= 4 is 5.57 Å². The molecule has 0 N–H and O–H groups in total. The number of hydrogen-bond donors (Lipinski definition) is 0. The zero-order valence-electron chi connectivity index (χ0n) is 10.7. The van der Waals surface area contributed by atoms with Gasteiger partial charge in [-0.05, 0) is 42.7 Å². The molecule has 1 nitrogen and oxygen atoms in total. The fourth-order valence-electron chi connectivity index (χ4n) is 2.80. The summed E-state index contributed by atoms with van der Waals surface area (Å²) >= 11 is 0. The summed E-state index contributed by atoms with van der Waals surface area (Å²) in [6.07, 6.45) is 7.72. The van der Waals surface area contributed by atoms with Crippen LogP contribution in [-0.4, -0.2) is 0 Å². The minimum Gasteiger partial charge on any atom is -0.192 e. The summed E-state index contributed by atoms with van der Waals surface area (Å²) in [4.78, 5) is 0. The lowest BCUT2D eigenvalue weighted by molar-refractivity contribution is 0.459. The molecule has 1 saturated carbocycles. The standard InChI is InChI=1S/C17H19N/c1-2-8-14-11-6-7-12-16(14)17(13-18)15-9-4-3-5-10-15/h2-5,9-10,14H,1,6-8,11-12H2/b17-16-/t14-/m0/s1. The first kappa shape index (κ1) is 12.6. The van der Waals surface area contributed by atoms with Crippen LogP contribution in [0.5, 0.6) is 0 Å². The van der Waals surface area contributed by atoms with Crippen LogP contribution in [0.3, 0.4) is 0 Å². The second-order valence-electron chi connectivity index (χ2n) is 4.85. The van der Waals surface area contributed by atoms with Gasteiger partial charge in [-0.2, -0.15) is 5.26 Å². The number of hydrogen-bond acceptors (Lipinski definition) is 1. The van der Waals surface area contributed by atoms with Crippen LogP contribution in [0.4, 0.5) is 0 Å². The molecule has 1 aromatic rings. The van der Waals surface area contributed by atoms with Gasteiger partial charge in [-0.25, -0.2) is 0 Å². The molecule has 1 atom stereocenters. The van der Waals surface area contributed by atoms with Crippen molar-refractivity contribution in [2.75, 3.05) is 0 Å². The SMILES string of the molecule is C=CC[C@H]1CCCC/C1=C(\C#N)c1ccccc1. The fraction of sp³-hybridized carbons (Fsp3) is 0.353. The molecule has 0 aliphatic heterocycles. The Labute approximate surface area is 109 Å². The van der Waals surface area contributed by atoms with Crippen molar-refractivity contribution in [1.82, 2.24) is 0 Å². The molecule has 0 spiro atoms. The van der Waals surface area contributed by atoms with Gasteiger partial charge >= 0.3 is 0 Å². The molecule has 0 amide bonds. The average Bonchev–Trinajstić information content (AvgIpc) is 2.43. The predicted molar refractivity (Wildman–Crippen MR) is 75.7 cm³/mol. The van der Waals surface area contributed by atoms with Gasteiger partial charge in [0, 0.05) is 0 Å². The number of benzene rings is 1. The van der Waals surface area contributed by atoms with Gasteiger partial charge in [0.1, 0.15) is 0 Å². The molecule has 2 rings (SSSR count). The summed E-state index contributed by atoms with van der Waals surface area (Å²) in [5, 5.41) is 9.48. The van der Waals surface area contributed by atoms with Gasteiger partial charge in [0.2, 0.25) is 0 Å². The maximum atomic E-state index is 9.48. The van der Waals surface area contributed by atoms with Crippen LogP contribution in [-0.2, 0) is 0 Å². The maximum absolute atomic E-state index is 9.48. The monoisotopic (exact) mass is 237 g/mol. The van der Waals surface area contributed by atoms with Crippen molar-refractivity contribution in [3.8, 4) is 6.07 Å². The Morgan fingerprint density at radius 2 is 2.11 bits per heavy atom. The molecule has 92 valence electrons. The van der Waals surface area contributed by atoms with E-state index in [0.717, 1.165) is 24.0 Å². The average molecular weight is 237 g/mol. The molecule has 0 saturated heterocycles. The molecular formula is C17H19N. The number of rotatable bonds is 3. The molecule has 0 bridgehead atoms. The molecule has 1 heteroatoms. The van der Waals surface area contributed by atoms with Crippen molar-refractivity contribution in [2.45, 2.75) is 32.1 Å². The summed E-state index contributed by atoms with van der Waals surface area (Å²) in [5.74, 6) is 0.520. The highest BCUT2D eigenvalue weighted by molar-refractivity contribution is 5.79. The summed E-state index contributed by atoms with van der Waals surface area (Å²) in [6, 6.07) is 12.5. The Bertz CT molecular complexity index is 476. The van der Waals surface area contributed by atoms with Crippen molar-refractivity contribution in [2.24, 2.45) is 5.92 Å². The highest BCUT2D eigenvalue weighted by Crippen LogP contribution is 2.36. The van der Waals surface area contributed by atoms with E-state index in [1.807, 2.05) is 36.4 Å². The van der Waals surface area contributed by atoms with E-state index >= 15 is 0 Å². The van der Waals surface area contributed by atoms with E-state index < -0.39 is 0 Å². The number of allylic oxidation sites excluding steroid dienone is 3. The summed E-state index contributed by atoms with van der Waals surface area (Å²) in [5.41, 5.74) is 3.29. The van der Waals surface area contributed by atoms with Gasteiger partial charge < -0.3 is 0 Å². The molecule has 1 fully saturated rings. The van der Waals surface area contributed by atoms with Gasteiger partial charge in [0.25, 0.3) is 0 Å². The van der Waals surface area contributed by atoms with E-state index in [1.54, 1.807) is 0 Å². The summed E-state index contributed by atoms with van der Waals surface area (Å²) < 4.78 is 0. The topological polar surface area (TPSA) is 23.8 Å². The molecule has 1 aliphatic rings. The summed E-state index contributed by atoms with van der Waals surface area (Å²) in [6.45, 7) is 3.84. The Morgan fingerprint density at radius 1 is 1.33 bits per heavy atom. The smallest absolute Gasteiger partial charge is 0.0997 e. The first-order chi connectivity index (χ1) is 8.86. The van der Waals surface area contributed by atoms with Crippen molar-refractivity contribution in [1.29, 1.82) is 5.26 Å². The first-order valence-electron chi connectivity index (χ1n) is 6.66. The predicted octanol–water partition coefficient (Wildman–Crippen LogP) is 4.73. The zero-order chi connectivity index (χ0) is 12.8. The van der Waals surface area contributed by atoms with Crippen LogP contribution in [0, 0.1) is 17.2 Å². The first-order valence-corrected chi connectivity index (χ1v) is 6.66. The van der Waals surface area contributed by atoms with Crippen LogP contribution in [0.15, 0.2) is 48.6 Å². The number of nitriles is 1. The lowest BCUT2D eigenvalue weighted by Gasteiger charge is -2.25. The molecule has 18 heavy (non-hydrogen) atoms. The van der Waals surface area contributed by atoms with Gasteiger partial charge in [0.15, 0.2) is 0 Å². The second-order valence-corrected chi connectivity index (χ2v) is 4.85. The third-order valence-corrected chi connectivity index (χ3v) is 3.69. The van der Waals surface area contributed by atoms with Crippen molar-refractivity contribution in [3.63, 3.8) is 0 Å². The molecule has 1 aliphatic carbocycles. The largest absolute Gasteiger partial charge is 0.192 e. The van der Waals surface area contributed by atoms with Gasteiger partial charge in [0.05, 0.1) is 11.6 Å². The Hall–Kier alpha value is -1.81. The molecule has 0 radical (unpaired) electrons. The van der Waals surface area contributed by atoms with Crippen LogP contribution in [0.25, 0.3) is 5.57 Å². The lowest BCUT2D eigenvalue weighted by atomic mass is 9.78. The van der Waals surface area contributed by atoms with Crippen molar-refractivity contribution < 1.29 is 0 Å². The molecule has 0 heterocycles. The highest BCUT2D eigenvalue weighted by atomic mass is 14.3. The molecule has 1 aromatic carbocycles. The van der Waals surface area contributed by atoms with E-state index in [4.69, 9.17) is 0 Å². The van der Waals surface area contributed by atoms with Crippen LogP contribution in [0.1, 0.15) is 37.7 Å². The minimum absolute atomic E-state index is 0.520. The van der Waals surface area contributed by atoms with E-state index in [0.29, 0.717) is 5.92 Å².